The number of allylic oxidation sites excluding steroid dienone is 1. The van der Waals surface area contributed by atoms with E-state index in [4.69, 9.17) is 9.47 Å². The summed E-state index contributed by atoms with van der Waals surface area (Å²) in [5.41, 5.74) is 17.0. The topological polar surface area (TPSA) is 206 Å². The Morgan fingerprint density at radius 1 is 0.460 bits per heavy atom. The predicted octanol–water partition coefficient (Wildman–Crippen LogP) is 16.3. The zero-order chi connectivity index (χ0) is 78.2. The second-order valence-electron chi connectivity index (χ2n) is 34.0. The molecule has 21 rings (SSSR count). The number of fused-ring (bicyclic) bond motifs is 12. The molecule has 0 unspecified atom stereocenters. The van der Waals surface area contributed by atoms with Crippen molar-refractivity contribution >= 4 is 52.4 Å². The molecule has 4 aromatic heterocycles. The number of benzene rings is 5. The van der Waals surface area contributed by atoms with Gasteiger partial charge in [-0.3, -0.25) is 9.69 Å². The van der Waals surface area contributed by atoms with E-state index in [1.165, 1.54) is 82.0 Å². The number of carbonyl (C=O) groups excluding carboxylic acids is 3. The number of nitrogens with zero attached hydrogens (tertiary/aromatic N) is 10. The minimum atomic E-state index is -3.16. The molecule has 584 valence electrons. The van der Waals surface area contributed by atoms with Crippen molar-refractivity contribution in [3.05, 3.63) is 248 Å². The van der Waals surface area contributed by atoms with Gasteiger partial charge in [-0.15, -0.1) is 0 Å². The maximum atomic E-state index is 13.4. The Balaban J connectivity index is 0.000000106. The number of aromatic nitrogens is 8. The molecule has 0 bridgehead atoms. The number of ether oxygens (including phenoxy) is 2. The van der Waals surface area contributed by atoms with Crippen molar-refractivity contribution in [3.63, 3.8) is 0 Å². The molecule has 4 saturated heterocycles. The van der Waals surface area contributed by atoms with E-state index in [2.05, 4.69) is 83.0 Å². The first-order chi connectivity index (χ1) is 54.3. The fraction of sp³-hybridized carbons (Fsp3) is 0.404. The van der Waals surface area contributed by atoms with Crippen LogP contribution in [0, 0.1) is 50.3 Å². The quantitative estimate of drug-likeness (QED) is 0.137. The van der Waals surface area contributed by atoms with Gasteiger partial charge < -0.3 is 20.1 Å². The molecule has 8 aliphatic carbocycles. The van der Waals surface area contributed by atoms with Crippen LogP contribution in [0.3, 0.4) is 0 Å². The van der Waals surface area contributed by atoms with Gasteiger partial charge in [0.15, 0.2) is 0 Å². The van der Waals surface area contributed by atoms with Gasteiger partial charge in [0.1, 0.15) is 34.5 Å². The Kier molecular flexibility index (Phi) is 17.9. The van der Waals surface area contributed by atoms with E-state index in [1.807, 2.05) is 78.7 Å². The van der Waals surface area contributed by atoms with Crippen molar-refractivity contribution in [2.75, 3.05) is 31.9 Å². The molecule has 9 aromatic rings. The number of hydrogen-bond acceptors (Lipinski definition) is 11. The van der Waals surface area contributed by atoms with Gasteiger partial charge >= 0.3 is 12.2 Å². The maximum Gasteiger partial charge on any atom is 0.410 e. The molecule has 4 saturated carbocycles. The Hall–Kier alpha value is -10.5. The summed E-state index contributed by atoms with van der Waals surface area (Å²) < 4.78 is 99.4. The highest BCUT2D eigenvalue weighted by atomic mass is 32.2. The highest BCUT2D eigenvalue weighted by Gasteiger charge is 2.64. The number of rotatable bonds is 8. The normalized spacial score (nSPS) is 28.6. The Labute approximate surface area is 654 Å². The lowest BCUT2D eigenvalue weighted by Crippen LogP contribution is -2.55. The molecule has 5 aromatic carbocycles. The van der Waals surface area contributed by atoms with Crippen LogP contribution in [0.2, 0.25) is 0 Å². The van der Waals surface area contributed by atoms with Crippen LogP contribution in [-0.2, 0) is 56.5 Å². The Morgan fingerprint density at radius 3 is 1.32 bits per heavy atom. The van der Waals surface area contributed by atoms with E-state index in [-0.39, 0.29) is 79.7 Å². The van der Waals surface area contributed by atoms with Crippen LogP contribution in [0.4, 0.5) is 27.2 Å². The van der Waals surface area contributed by atoms with Gasteiger partial charge in [0.25, 0.3) is 0 Å². The third-order valence-electron chi connectivity index (χ3n) is 28.3. The molecule has 2 N–H and O–H groups in total. The summed E-state index contributed by atoms with van der Waals surface area (Å²) in [5.74, 6) is -0.683. The number of hydrogen-bond donors (Lipinski definition) is 2. The fourth-order valence-electron chi connectivity index (χ4n) is 21.5. The van der Waals surface area contributed by atoms with Crippen LogP contribution < -0.4 is 10.6 Å². The third kappa shape index (κ3) is 12.2. The summed E-state index contributed by atoms with van der Waals surface area (Å²) in [6.07, 6.45) is 31.5. The standard InChI is InChI=1S/C27H26FN3O2.C22H26FN3O2S.C20H20FN3O2.C20H20FN3O/c1-26-15-20-16-29-31(23-11-9-22(28)10-12-23)24(20)14-21(26)8-5-13-27(26)18-30(25(32)33-27)17-19-6-3-2-4-7-19;1-3-29(27,28)25-11-10-22(15-25)9-8-17-12-20-16(13-21(17,22)2)14-24-26(20)19-6-4-18(23)5-7-19;1-19-10-13-11-23-24(16-6-4-15(21)5-7-16)17(13)9-14(19)3-2-8-20(19)12-22-18(25)26-20;1-19-11-13-12-22-24(16-4-2-15(21)3-5-16)17(13)10-14(19)6-8-20(19)9-7-18(25)23-20/h2-4,6-7,9-12,14,16H,5,8,13,15,17-18H2,1H3;4-7,12,14H,3,8-11,13,15H2,1-2H3;4-7,9,11H,2-3,8,10,12H2,1H3,(H,22,25);2-5,10,12H,6-9,11H2,1H3,(H,23,25)/t26-,27+;21-,22+;2*19-,20+/m0000/s1. The zero-order valence-corrected chi connectivity index (χ0v) is 65.1. The van der Waals surface area contributed by atoms with E-state index in [0.717, 1.165) is 165 Å². The van der Waals surface area contributed by atoms with Crippen LogP contribution >= 0.6 is 0 Å². The second kappa shape index (κ2) is 27.4. The summed E-state index contributed by atoms with van der Waals surface area (Å²) in [4.78, 5) is 38.5. The van der Waals surface area contributed by atoms with Crippen LogP contribution in [0.15, 0.2) is 174 Å². The molecule has 8 fully saturated rings. The molecule has 8 heterocycles. The molecule has 4 aliphatic heterocycles. The van der Waals surface area contributed by atoms with Gasteiger partial charge in [-0.1, -0.05) is 80.3 Å². The van der Waals surface area contributed by atoms with Gasteiger partial charge in [0.05, 0.1) is 94.7 Å². The van der Waals surface area contributed by atoms with Crippen LogP contribution in [0.5, 0.6) is 0 Å². The van der Waals surface area contributed by atoms with Crippen molar-refractivity contribution < 1.29 is 49.8 Å². The molecule has 12 aliphatic rings. The van der Waals surface area contributed by atoms with E-state index in [0.29, 0.717) is 39.1 Å². The summed E-state index contributed by atoms with van der Waals surface area (Å²) >= 11 is 0. The molecule has 19 nitrogen and oxygen atoms in total. The smallest absolute Gasteiger partial charge is 0.410 e. The fourth-order valence-corrected chi connectivity index (χ4v) is 22.7. The minimum Gasteiger partial charge on any atom is -0.440 e. The monoisotopic (exact) mass is 1550 g/mol. The van der Waals surface area contributed by atoms with Crippen molar-refractivity contribution in [1.82, 2.24) is 59.0 Å². The van der Waals surface area contributed by atoms with Gasteiger partial charge in [-0.2, -0.15) is 20.4 Å². The van der Waals surface area contributed by atoms with E-state index >= 15 is 0 Å². The number of alkyl carbamates (subject to hydrolysis) is 1. The third-order valence-corrected chi connectivity index (χ3v) is 30.1. The Bertz CT molecular complexity index is 5560. The van der Waals surface area contributed by atoms with E-state index < -0.39 is 21.2 Å². The lowest BCUT2D eigenvalue weighted by atomic mass is 9.57. The summed E-state index contributed by atoms with van der Waals surface area (Å²) in [6, 6.07) is 35.7. The molecule has 0 radical (unpaired) electrons. The van der Waals surface area contributed by atoms with Gasteiger partial charge in [0.2, 0.25) is 15.9 Å². The SMILES string of the molecule is CCS(=O)(=O)N1CC[C@]2(CCC3=Cc4c(cnn4-c4ccc(F)cc4)C[C@@]32C)C1.C[C@]12Cc3cnn(-c4ccc(F)cc4)c3C=C1CCC[C@@]21CN(Cc2ccccc2)C(=O)O1.C[C@]12Cc3cnn(-c4ccc(F)cc4)c3C=C1CCC[C@@]21CNC(=O)O1.C[C@]12Cc3cnn(-c4ccc(F)cc4)c3C=C1CC[C@@]21CCC(=O)N1. The second-order valence-corrected chi connectivity index (χ2v) is 36.3. The maximum absolute atomic E-state index is 13.4. The lowest BCUT2D eigenvalue weighted by molar-refractivity contribution is -0.120. The predicted molar refractivity (Wildman–Crippen MR) is 421 cm³/mol. The zero-order valence-electron chi connectivity index (χ0n) is 64.3. The average Bonchev–Trinajstić information content (AvgIpc) is 1.63. The van der Waals surface area contributed by atoms with Crippen LogP contribution in [-0.4, -0.2) is 124 Å². The van der Waals surface area contributed by atoms with Crippen molar-refractivity contribution in [1.29, 1.82) is 0 Å². The highest BCUT2D eigenvalue weighted by molar-refractivity contribution is 7.89. The molecule has 113 heavy (non-hydrogen) atoms. The number of carbonyl (C=O) groups is 3. The molecule has 4 spiro atoms. The summed E-state index contributed by atoms with van der Waals surface area (Å²) in [6.45, 7) is 13.7. The lowest BCUT2D eigenvalue weighted by Gasteiger charge is -2.51. The molecule has 3 amide bonds. The number of sulfonamides is 1. The molecule has 24 heteroatoms. The molecular formula is C89H92F4N12O7S. The number of halogens is 4. The molecular weight excluding hydrogens is 1460 g/mol. The first-order valence-electron chi connectivity index (χ1n) is 39.7. The van der Waals surface area contributed by atoms with Gasteiger partial charge in [-0.05, 0) is 270 Å². The average molecular weight is 1550 g/mol. The van der Waals surface area contributed by atoms with Gasteiger partial charge in [-0.25, -0.2) is 58.6 Å². The largest absolute Gasteiger partial charge is 0.440 e. The summed E-state index contributed by atoms with van der Waals surface area (Å²) in [7, 11) is -3.16. The Morgan fingerprint density at radius 2 is 0.876 bits per heavy atom. The van der Waals surface area contributed by atoms with Crippen LogP contribution in [0.1, 0.15) is 169 Å². The van der Waals surface area contributed by atoms with E-state index in [9.17, 15) is 40.4 Å². The number of nitrogens with one attached hydrogen (secondary N) is 2. The van der Waals surface area contributed by atoms with Gasteiger partial charge in [0, 0.05) is 42.3 Å². The first-order valence-corrected chi connectivity index (χ1v) is 41.3. The van der Waals surface area contributed by atoms with E-state index in [1.54, 1.807) is 59.8 Å². The van der Waals surface area contributed by atoms with Crippen molar-refractivity contribution in [2.45, 2.75) is 167 Å². The molecule has 8 atom stereocenters. The minimum absolute atomic E-state index is 0.00324. The highest BCUT2D eigenvalue weighted by Crippen LogP contribution is 2.65. The van der Waals surface area contributed by atoms with Crippen molar-refractivity contribution in [3.8, 4) is 22.7 Å². The summed E-state index contributed by atoms with van der Waals surface area (Å²) in [5, 5.41) is 24.4. The first kappa shape index (κ1) is 74.0. The van der Waals surface area contributed by atoms with Crippen molar-refractivity contribution in [2.24, 2.45) is 27.1 Å². The van der Waals surface area contributed by atoms with Crippen LogP contribution in [0.25, 0.3) is 47.1 Å². The number of amides is 3.